The van der Waals surface area contributed by atoms with E-state index in [0.29, 0.717) is 11.3 Å². The van der Waals surface area contributed by atoms with Crippen molar-refractivity contribution in [2.45, 2.75) is 0 Å². The third-order valence-corrected chi connectivity index (χ3v) is 3.17. The lowest BCUT2D eigenvalue weighted by molar-refractivity contribution is 0.0734. The first-order valence-corrected chi connectivity index (χ1v) is 7.38. The molecule has 2 aromatic carbocycles. The number of benzene rings is 2. The standard InChI is InChI=1S/C19H15N3O2/c23-19(16-5-4-12-20-14-16)24-18-10-8-15(9-11-18)13-21-22-17-6-2-1-3-7-17/h1-14,22H/b21-13-. The van der Waals surface area contributed by atoms with Crippen LogP contribution in [0.2, 0.25) is 0 Å². The Labute approximate surface area is 139 Å². The van der Waals surface area contributed by atoms with Crippen LogP contribution in [0.15, 0.2) is 84.2 Å². The van der Waals surface area contributed by atoms with Gasteiger partial charge in [-0.2, -0.15) is 5.10 Å². The molecule has 3 rings (SSSR count). The number of nitrogens with one attached hydrogen (secondary N) is 1. The van der Waals surface area contributed by atoms with Gasteiger partial charge in [0.15, 0.2) is 0 Å². The molecular weight excluding hydrogens is 302 g/mol. The first-order chi connectivity index (χ1) is 11.8. The molecule has 0 amide bonds. The highest BCUT2D eigenvalue weighted by Crippen LogP contribution is 2.13. The van der Waals surface area contributed by atoms with Crippen LogP contribution < -0.4 is 10.2 Å². The number of para-hydroxylation sites is 1. The average molecular weight is 317 g/mol. The molecule has 0 saturated carbocycles. The molecule has 1 heterocycles. The van der Waals surface area contributed by atoms with E-state index in [1.54, 1.807) is 36.7 Å². The van der Waals surface area contributed by atoms with Crippen molar-refractivity contribution in [2.24, 2.45) is 5.10 Å². The van der Waals surface area contributed by atoms with Gasteiger partial charge in [0.1, 0.15) is 5.75 Å². The van der Waals surface area contributed by atoms with Crippen molar-refractivity contribution in [3.63, 3.8) is 0 Å². The number of ether oxygens (including phenoxy) is 1. The largest absolute Gasteiger partial charge is 0.423 e. The van der Waals surface area contributed by atoms with E-state index in [2.05, 4.69) is 15.5 Å². The fraction of sp³-hybridized carbons (Fsp3) is 0. The summed E-state index contributed by atoms with van der Waals surface area (Å²) < 4.78 is 5.29. The molecule has 24 heavy (non-hydrogen) atoms. The third kappa shape index (κ3) is 4.27. The van der Waals surface area contributed by atoms with Crippen LogP contribution >= 0.6 is 0 Å². The van der Waals surface area contributed by atoms with Crippen LogP contribution in [0.3, 0.4) is 0 Å². The zero-order valence-electron chi connectivity index (χ0n) is 12.8. The lowest BCUT2D eigenvalue weighted by atomic mass is 10.2. The number of nitrogens with zero attached hydrogens (tertiary/aromatic N) is 2. The Morgan fingerprint density at radius 2 is 1.79 bits per heavy atom. The molecule has 1 aromatic heterocycles. The average Bonchev–Trinajstić information content (AvgIpc) is 2.65. The van der Waals surface area contributed by atoms with Gasteiger partial charge in [0.25, 0.3) is 0 Å². The lowest BCUT2D eigenvalue weighted by Crippen LogP contribution is -2.08. The van der Waals surface area contributed by atoms with E-state index in [1.165, 1.54) is 6.20 Å². The fourth-order valence-electron chi connectivity index (χ4n) is 1.97. The Morgan fingerprint density at radius 1 is 1.00 bits per heavy atom. The van der Waals surface area contributed by atoms with E-state index in [1.807, 2.05) is 42.5 Å². The van der Waals surface area contributed by atoms with Crippen LogP contribution in [0, 0.1) is 0 Å². The van der Waals surface area contributed by atoms with Gasteiger partial charge in [0.05, 0.1) is 17.5 Å². The van der Waals surface area contributed by atoms with E-state index >= 15 is 0 Å². The molecule has 0 fully saturated rings. The minimum Gasteiger partial charge on any atom is -0.423 e. The van der Waals surface area contributed by atoms with Crippen molar-refractivity contribution in [2.75, 3.05) is 5.43 Å². The quantitative estimate of drug-likeness (QED) is 0.337. The van der Waals surface area contributed by atoms with Crippen LogP contribution in [0.25, 0.3) is 0 Å². The molecule has 0 saturated heterocycles. The second-order valence-corrected chi connectivity index (χ2v) is 4.94. The predicted octanol–water partition coefficient (Wildman–Crippen LogP) is 3.75. The maximum Gasteiger partial charge on any atom is 0.345 e. The van der Waals surface area contributed by atoms with E-state index < -0.39 is 5.97 Å². The number of aromatic nitrogens is 1. The second-order valence-electron chi connectivity index (χ2n) is 4.94. The van der Waals surface area contributed by atoms with E-state index in [-0.39, 0.29) is 0 Å². The summed E-state index contributed by atoms with van der Waals surface area (Å²) in [6.07, 6.45) is 4.77. The number of esters is 1. The SMILES string of the molecule is O=C(Oc1ccc(/C=N\Nc2ccccc2)cc1)c1cccnc1. The molecule has 118 valence electrons. The summed E-state index contributed by atoms with van der Waals surface area (Å²) >= 11 is 0. The van der Waals surface area contributed by atoms with Gasteiger partial charge >= 0.3 is 5.97 Å². The topological polar surface area (TPSA) is 63.6 Å². The summed E-state index contributed by atoms with van der Waals surface area (Å²) in [5, 5.41) is 4.16. The number of anilines is 1. The maximum atomic E-state index is 11.9. The van der Waals surface area contributed by atoms with Crippen LogP contribution in [0.1, 0.15) is 15.9 Å². The minimum absolute atomic E-state index is 0.412. The zero-order valence-corrected chi connectivity index (χ0v) is 12.8. The molecule has 0 radical (unpaired) electrons. The highest BCUT2D eigenvalue weighted by atomic mass is 16.5. The number of hydrazone groups is 1. The van der Waals surface area contributed by atoms with Gasteiger partial charge in [-0.3, -0.25) is 10.4 Å². The van der Waals surface area contributed by atoms with Gasteiger partial charge in [0.2, 0.25) is 0 Å². The summed E-state index contributed by atoms with van der Waals surface area (Å²) in [4.78, 5) is 15.8. The van der Waals surface area contributed by atoms with Gasteiger partial charge in [-0.05, 0) is 54.1 Å². The van der Waals surface area contributed by atoms with Crippen molar-refractivity contribution in [3.05, 3.63) is 90.3 Å². The minimum atomic E-state index is -0.435. The molecule has 0 unspecified atom stereocenters. The van der Waals surface area contributed by atoms with E-state index in [9.17, 15) is 4.79 Å². The van der Waals surface area contributed by atoms with E-state index in [0.717, 1.165) is 11.3 Å². The van der Waals surface area contributed by atoms with Crippen LogP contribution in [-0.2, 0) is 0 Å². The fourth-order valence-corrected chi connectivity index (χ4v) is 1.97. The number of hydrogen-bond donors (Lipinski definition) is 1. The second kappa shape index (κ2) is 7.69. The van der Waals surface area contributed by atoms with Gasteiger partial charge in [-0.15, -0.1) is 0 Å². The van der Waals surface area contributed by atoms with Crippen molar-refractivity contribution in [1.29, 1.82) is 0 Å². The molecule has 0 aliphatic heterocycles. The summed E-state index contributed by atoms with van der Waals surface area (Å²) in [7, 11) is 0. The summed E-state index contributed by atoms with van der Waals surface area (Å²) in [5.74, 6) is 0.0345. The molecule has 0 spiro atoms. The third-order valence-electron chi connectivity index (χ3n) is 3.17. The van der Waals surface area contributed by atoms with Gasteiger partial charge in [-0.25, -0.2) is 4.79 Å². The maximum absolute atomic E-state index is 11.9. The van der Waals surface area contributed by atoms with Gasteiger partial charge < -0.3 is 4.74 Å². The first-order valence-electron chi connectivity index (χ1n) is 7.38. The van der Waals surface area contributed by atoms with Crippen molar-refractivity contribution >= 4 is 17.9 Å². The molecule has 0 aliphatic carbocycles. The molecular formula is C19H15N3O2. The molecule has 0 atom stereocenters. The smallest absolute Gasteiger partial charge is 0.345 e. The molecule has 5 heteroatoms. The molecule has 0 bridgehead atoms. The van der Waals surface area contributed by atoms with E-state index in [4.69, 9.17) is 4.74 Å². The highest BCUT2D eigenvalue weighted by Gasteiger charge is 2.07. The number of hydrogen-bond acceptors (Lipinski definition) is 5. The first kappa shape index (κ1) is 15.4. The van der Waals surface area contributed by atoms with Crippen molar-refractivity contribution < 1.29 is 9.53 Å². The Hall–Kier alpha value is -3.47. The highest BCUT2D eigenvalue weighted by molar-refractivity contribution is 5.90. The Morgan fingerprint density at radius 3 is 2.50 bits per heavy atom. The Bertz CT molecular complexity index is 816. The van der Waals surface area contributed by atoms with Crippen LogP contribution in [0.4, 0.5) is 5.69 Å². The van der Waals surface area contributed by atoms with Crippen molar-refractivity contribution in [3.8, 4) is 5.75 Å². The molecule has 5 nitrogen and oxygen atoms in total. The summed E-state index contributed by atoms with van der Waals surface area (Å²) in [6.45, 7) is 0. The molecule has 0 aliphatic rings. The van der Waals surface area contributed by atoms with Crippen LogP contribution in [0.5, 0.6) is 5.75 Å². The predicted molar refractivity (Wildman–Crippen MR) is 93.3 cm³/mol. The molecule has 3 aromatic rings. The number of carbonyl (C=O) groups excluding carboxylic acids is 1. The Kier molecular flexibility index (Phi) is 4.94. The number of rotatable bonds is 5. The van der Waals surface area contributed by atoms with Gasteiger partial charge in [0, 0.05) is 12.4 Å². The number of pyridine rings is 1. The normalized spacial score (nSPS) is 10.5. The number of carbonyl (C=O) groups is 1. The Balaban J connectivity index is 1.58. The monoisotopic (exact) mass is 317 g/mol. The lowest BCUT2D eigenvalue weighted by Gasteiger charge is -2.04. The van der Waals surface area contributed by atoms with Crippen molar-refractivity contribution in [1.82, 2.24) is 4.98 Å². The van der Waals surface area contributed by atoms with Crippen LogP contribution in [-0.4, -0.2) is 17.2 Å². The summed E-state index contributed by atoms with van der Waals surface area (Å²) in [6, 6.07) is 20.1. The van der Waals surface area contributed by atoms with Gasteiger partial charge in [-0.1, -0.05) is 18.2 Å². The summed E-state index contributed by atoms with van der Waals surface area (Å²) in [5.41, 5.74) is 5.15. The zero-order chi connectivity index (χ0) is 16.6. The molecule has 1 N–H and O–H groups in total.